The minimum absolute atomic E-state index is 0.0427. The summed E-state index contributed by atoms with van der Waals surface area (Å²) in [6.07, 6.45) is 8.82. The maximum absolute atomic E-state index is 13.2. The van der Waals surface area contributed by atoms with Gasteiger partial charge in [-0.15, -0.1) is 0 Å². The first-order chi connectivity index (χ1) is 20.6. The first kappa shape index (κ1) is 32.7. The highest BCUT2D eigenvalue weighted by atomic mass is 16.5. The van der Waals surface area contributed by atoms with Gasteiger partial charge in [0.25, 0.3) is 11.8 Å². The molecular formula is C33H48N4O6. The van der Waals surface area contributed by atoms with E-state index in [1.54, 1.807) is 23.6 Å². The van der Waals surface area contributed by atoms with Crippen molar-refractivity contribution in [2.24, 2.45) is 15.4 Å². The van der Waals surface area contributed by atoms with Crippen LogP contribution in [-0.2, 0) is 19.1 Å². The van der Waals surface area contributed by atoms with E-state index in [4.69, 9.17) is 19.5 Å². The summed E-state index contributed by atoms with van der Waals surface area (Å²) in [5.41, 5.74) is 4.12. The van der Waals surface area contributed by atoms with Crippen molar-refractivity contribution in [2.75, 3.05) is 65.7 Å². The number of carbonyl (C=O) groups is 2. The van der Waals surface area contributed by atoms with E-state index in [9.17, 15) is 19.8 Å². The minimum Gasteiger partial charge on any atom is -0.512 e. The topological polar surface area (TPSA) is 124 Å². The second-order valence-corrected chi connectivity index (χ2v) is 12.6. The van der Waals surface area contributed by atoms with Crippen LogP contribution in [0, 0.1) is 5.41 Å². The average molecular weight is 597 g/mol. The normalized spacial score (nSPS) is 23.4. The third kappa shape index (κ3) is 8.89. The van der Waals surface area contributed by atoms with Crippen molar-refractivity contribution in [1.29, 1.82) is 0 Å². The van der Waals surface area contributed by atoms with Gasteiger partial charge < -0.3 is 29.5 Å². The summed E-state index contributed by atoms with van der Waals surface area (Å²) in [7, 11) is 0. The predicted molar refractivity (Wildman–Crippen MR) is 168 cm³/mol. The zero-order chi connectivity index (χ0) is 31.0. The van der Waals surface area contributed by atoms with Gasteiger partial charge in [-0.2, -0.15) is 0 Å². The molecule has 2 fully saturated rings. The van der Waals surface area contributed by atoms with Gasteiger partial charge in [-0.25, -0.2) is 0 Å². The lowest BCUT2D eigenvalue weighted by Crippen LogP contribution is -2.42. The number of morpholine rings is 2. The molecule has 0 aromatic heterocycles. The van der Waals surface area contributed by atoms with Crippen LogP contribution in [0.3, 0.4) is 0 Å². The maximum atomic E-state index is 13.2. The number of ether oxygens (including phenoxy) is 2. The third-order valence-corrected chi connectivity index (χ3v) is 8.25. The van der Waals surface area contributed by atoms with E-state index in [-0.39, 0.29) is 28.7 Å². The molecule has 0 spiro atoms. The summed E-state index contributed by atoms with van der Waals surface area (Å²) in [5, 5.41) is 20.9. The number of hydrogen-bond donors (Lipinski definition) is 2. The van der Waals surface area contributed by atoms with Crippen LogP contribution in [0.1, 0.15) is 66.2 Å². The number of nitrogens with zero attached hydrogens (tertiary/aromatic N) is 4. The Balaban J connectivity index is 1.44. The summed E-state index contributed by atoms with van der Waals surface area (Å²) in [4.78, 5) is 39.8. The monoisotopic (exact) mass is 596 g/mol. The van der Waals surface area contributed by atoms with Gasteiger partial charge >= 0.3 is 0 Å². The van der Waals surface area contributed by atoms with Crippen LogP contribution in [-0.4, -0.2) is 109 Å². The Labute approximate surface area is 255 Å². The van der Waals surface area contributed by atoms with E-state index in [0.29, 0.717) is 76.8 Å². The number of rotatable bonds is 8. The summed E-state index contributed by atoms with van der Waals surface area (Å²) < 4.78 is 10.8. The predicted octanol–water partition coefficient (Wildman–Crippen LogP) is 4.50. The molecule has 0 unspecified atom stereocenters. The Morgan fingerprint density at radius 2 is 1.09 bits per heavy atom. The SMILES string of the molecule is C/C(O)=C(\C(=O)N1CCOCC1)C1=CC(=NCC(C)(C)CN=C2C=C(/C(C(=O)N3CCOCC3)=C(/C)O)CCC2)CCC1. The number of amides is 2. The molecule has 10 nitrogen and oxygen atoms in total. The van der Waals surface area contributed by atoms with Crippen molar-refractivity contribution in [3.63, 3.8) is 0 Å². The van der Waals surface area contributed by atoms with Crippen LogP contribution in [0.4, 0.5) is 0 Å². The van der Waals surface area contributed by atoms with Crippen LogP contribution in [0.5, 0.6) is 0 Å². The lowest BCUT2D eigenvalue weighted by molar-refractivity contribution is -0.131. The van der Waals surface area contributed by atoms with E-state index in [0.717, 1.165) is 61.1 Å². The molecule has 0 bridgehead atoms. The van der Waals surface area contributed by atoms with Gasteiger partial charge in [0.05, 0.1) is 37.6 Å². The van der Waals surface area contributed by atoms with Crippen LogP contribution >= 0.6 is 0 Å². The summed E-state index contributed by atoms with van der Waals surface area (Å²) in [5.74, 6) is -0.206. The van der Waals surface area contributed by atoms with Crippen LogP contribution < -0.4 is 0 Å². The molecule has 2 heterocycles. The van der Waals surface area contributed by atoms with E-state index in [1.807, 2.05) is 12.2 Å². The Morgan fingerprint density at radius 1 is 0.721 bits per heavy atom. The zero-order valence-electron chi connectivity index (χ0n) is 26.3. The Kier molecular flexibility index (Phi) is 11.4. The number of allylic oxidation sites excluding steroid dienone is 4. The van der Waals surface area contributed by atoms with E-state index in [2.05, 4.69) is 13.8 Å². The number of hydrogen-bond acceptors (Lipinski definition) is 8. The summed E-state index contributed by atoms with van der Waals surface area (Å²) in [6.45, 7) is 12.7. The zero-order valence-corrected chi connectivity index (χ0v) is 26.3. The molecule has 2 saturated heterocycles. The molecule has 0 saturated carbocycles. The summed E-state index contributed by atoms with van der Waals surface area (Å²) in [6, 6.07) is 0. The van der Waals surface area contributed by atoms with Crippen molar-refractivity contribution in [3.8, 4) is 0 Å². The van der Waals surface area contributed by atoms with Crippen molar-refractivity contribution in [3.05, 3.63) is 46.0 Å². The minimum atomic E-state index is -0.207. The van der Waals surface area contributed by atoms with Crippen molar-refractivity contribution < 1.29 is 29.3 Å². The molecule has 4 aliphatic rings. The number of aliphatic imine (C=N–C) groups is 2. The molecule has 236 valence electrons. The highest BCUT2D eigenvalue weighted by Gasteiger charge is 2.28. The molecular weight excluding hydrogens is 548 g/mol. The molecule has 2 amide bonds. The van der Waals surface area contributed by atoms with E-state index in [1.165, 1.54) is 0 Å². The van der Waals surface area contributed by atoms with Crippen molar-refractivity contribution >= 4 is 23.2 Å². The van der Waals surface area contributed by atoms with Crippen molar-refractivity contribution in [1.82, 2.24) is 9.80 Å². The molecule has 43 heavy (non-hydrogen) atoms. The quantitative estimate of drug-likeness (QED) is 0.314. The highest BCUT2D eigenvalue weighted by Crippen LogP contribution is 2.29. The maximum Gasteiger partial charge on any atom is 0.257 e. The standard InChI is InChI=1S/C33H48N4O6/c1-23(38)29(31(40)36-11-15-42-16-12-36)25-7-5-9-27(19-25)34-21-33(3,4)22-35-28-10-6-8-26(20-28)30(24(2)39)32(41)37-13-17-43-18-14-37/h19-20,38-39H,5-18,21-22H2,1-4H3/b29-23+,30-24+,34-27?,35-28?. The molecule has 0 atom stereocenters. The number of aliphatic hydroxyl groups excluding tert-OH is 2. The van der Waals surface area contributed by atoms with E-state index >= 15 is 0 Å². The molecule has 2 N–H and O–H groups in total. The van der Waals surface area contributed by atoms with Gasteiger partial charge in [0, 0.05) is 56.1 Å². The highest BCUT2D eigenvalue weighted by molar-refractivity contribution is 6.04. The number of aliphatic hydroxyl groups is 2. The van der Waals surface area contributed by atoms with Gasteiger partial charge in [0.1, 0.15) is 11.5 Å². The van der Waals surface area contributed by atoms with Crippen LogP contribution in [0.25, 0.3) is 0 Å². The third-order valence-electron chi connectivity index (χ3n) is 8.25. The fourth-order valence-electron chi connectivity index (χ4n) is 5.83. The molecule has 2 aliphatic carbocycles. The van der Waals surface area contributed by atoms with Gasteiger partial charge in [-0.3, -0.25) is 19.6 Å². The molecule has 10 heteroatoms. The fraction of sp³-hybridized carbons (Fsp3) is 0.636. The molecule has 0 aromatic rings. The lowest BCUT2D eigenvalue weighted by atomic mass is 9.89. The lowest BCUT2D eigenvalue weighted by Gasteiger charge is -2.29. The smallest absolute Gasteiger partial charge is 0.257 e. The fourth-order valence-corrected chi connectivity index (χ4v) is 5.83. The summed E-state index contributed by atoms with van der Waals surface area (Å²) >= 11 is 0. The van der Waals surface area contributed by atoms with E-state index < -0.39 is 0 Å². The van der Waals surface area contributed by atoms with Crippen LogP contribution in [0.15, 0.2) is 55.9 Å². The van der Waals surface area contributed by atoms with Gasteiger partial charge in [0.15, 0.2) is 0 Å². The van der Waals surface area contributed by atoms with Crippen LogP contribution in [0.2, 0.25) is 0 Å². The first-order valence-corrected chi connectivity index (χ1v) is 15.6. The second-order valence-electron chi connectivity index (χ2n) is 12.6. The molecule has 0 radical (unpaired) electrons. The Hall–Kier alpha value is -3.24. The van der Waals surface area contributed by atoms with Gasteiger partial charge in [0.2, 0.25) is 0 Å². The average Bonchev–Trinajstić information content (AvgIpc) is 3.00. The molecule has 0 aromatic carbocycles. The second kappa shape index (κ2) is 15.0. The largest absolute Gasteiger partial charge is 0.512 e. The Bertz CT molecular complexity index is 1140. The van der Waals surface area contributed by atoms with Gasteiger partial charge in [-0.05, 0) is 75.7 Å². The number of carbonyl (C=O) groups excluding carboxylic acids is 2. The van der Waals surface area contributed by atoms with Gasteiger partial charge in [-0.1, -0.05) is 13.8 Å². The first-order valence-electron chi connectivity index (χ1n) is 15.6. The molecule has 4 rings (SSSR count). The van der Waals surface area contributed by atoms with Crippen molar-refractivity contribution in [2.45, 2.75) is 66.2 Å². The Morgan fingerprint density at radius 3 is 1.44 bits per heavy atom. The molecule has 2 aliphatic heterocycles.